The van der Waals surface area contributed by atoms with Crippen LogP contribution in [0.1, 0.15) is 23.7 Å². The van der Waals surface area contributed by atoms with Gasteiger partial charge < -0.3 is 4.90 Å². The molecule has 3 amide bonds. The Bertz CT molecular complexity index is 591. The maximum atomic E-state index is 13.6. The molecule has 0 aromatic carbocycles. The standard InChI is InChI=1S/C12H11F2N3O3/c1-2-7-11(19)16-8(18)5-17(7)12(20)6-3-4-15-10(14)9(6)13/h3-4,7H,2,5H2,1H3,(H,16,18,19). The van der Waals surface area contributed by atoms with Gasteiger partial charge in [0, 0.05) is 6.20 Å². The van der Waals surface area contributed by atoms with E-state index < -0.39 is 41.1 Å². The lowest BCUT2D eigenvalue weighted by Gasteiger charge is -2.33. The van der Waals surface area contributed by atoms with Crippen LogP contribution in [0.25, 0.3) is 0 Å². The predicted octanol–water partition coefficient (Wildman–Crippen LogP) is 0.237. The van der Waals surface area contributed by atoms with Gasteiger partial charge in [0.15, 0.2) is 5.82 Å². The van der Waals surface area contributed by atoms with Crippen molar-refractivity contribution in [1.29, 1.82) is 0 Å². The first-order valence-corrected chi connectivity index (χ1v) is 5.90. The molecular formula is C12H11F2N3O3. The molecule has 1 N–H and O–H groups in total. The summed E-state index contributed by atoms with van der Waals surface area (Å²) < 4.78 is 26.6. The minimum Gasteiger partial charge on any atom is -0.317 e. The Morgan fingerprint density at radius 3 is 2.85 bits per heavy atom. The van der Waals surface area contributed by atoms with E-state index in [2.05, 4.69) is 10.3 Å². The highest BCUT2D eigenvalue weighted by molar-refractivity contribution is 6.07. The summed E-state index contributed by atoms with van der Waals surface area (Å²) in [5.74, 6) is -5.02. The second kappa shape index (κ2) is 5.32. The number of hydrogen-bond donors (Lipinski definition) is 1. The fourth-order valence-electron chi connectivity index (χ4n) is 2.02. The number of carbonyl (C=O) groups is 3. The third-order valence-corrected chi connectivity index (χ3v) is 2.98. The van der Waals surface area contributed by atoms with Crippen LogP contribution in [0.4, 0.5) is 8.78 Å². The molecule has 1 saturated heterocycles. The molecule has 106 valence electrons. The van der Waals surface area contributed by atoms with Crippen LogP contribution in [-0.4, -0.2) is 40.2 Å². The zero-order chi connectivity index (χ0) is 14.9. The van der Waals surface area contributed by atoms with Gasteiger partial charge >= 0.3 is 0 Å². The summed E-state index contributed by atoms with van der Waals surface area (Å²) in [5, 5.41) is 2.09. The highest BCUT2D eigenvalue weighted by Gasteiger charge is 2.37. The smallest absolute Gasteiger partial charge is 0.258 e. The Kier molecular flexibility index (Phi) is 3.73. The van der Waals surface area contributed by atoms with Gasteiger partial charge in [-0.25, -0.2) is 9.37 Å². The topological polar surface area (TPSA) is 79.4 Å². The Balaban J connectivity index is 2.37. The van der Waals surface area contributed by atoms with E-state index in [1.54, 1.807) is 6.92 Å². The molecule has 1 unspecified atom stereocenters. The molecular weight excluding hydrogens is 272 g/mol. The molecule has 1 aromatic rings. The number of amides is 3. The number of rotatable bonds is 2. The van der Waals surface area contributed by atoms with Crippen molar-refractivity contribution in [3.8, 4) is 0 Å². The zero-order valence-electron chi connectivity index (χ0n) is 10.5. The van der Waals surface area contributed by atoms with Crippen LogP contribution < -0.4 is 5.32 Å². The largest absolute Gasteiger partial charge is 0.317 e. The van der Waals surface area contributed by atoms with Gasteiger partial charge in [-0.15, -0.1) is 0 Å². The summed E-state index contributed by atoms with van der Waals surface area (Å²) in [7, 11) is 0. The van der Waals surface area contributed by atoms with Gasteiger partial charge in [-0.05, 0) is 12.5 Å². The summed E-state index contributed by atoms with van der Waals surface area (Å²) >= 11 is 0. The molecule has 0 saturated carbocycles. The van der Waals surface area contributed by atoms with Crippen molar-refractivity contribution in [1.82, 2.24) is 15.2 Å². The highest BCUT2D eigenvalue weighted by atomic mass is 19.2. The summed E-state index contributed by atoms with van der Waals surface area (Å²) in [4.78, 5) is 39.2. The third kappa shape index (κ3) is 2.36. The van der Waals surface area contributed by atoms with Gasteiger partial charge in [-0.2, -0.15) is 4.39 Å². The van der Waals surface area contributed by atoms with E-state index in [1.807, 2.05) is 0 Å². The Morgan fingerprint density at radius 1 is 1.50 bits per heavy atom. The molecule has 1 aliphatic heterocycles. The van der Waals surface area contributed by atoms with Crippen molar-refractivity contribution in [2.75, 3.05) is 6.54 Å². The minimum absolute atomic E-state index is 0.250. The third-order valence-electron chi connectivity index (χ3n) is 2.98. The molecule has 0 aliphatic carbocycles. The van der Waals surface area contributed by atoms with Gasteiger partial charge in [0.2, 0.25) is 17.8 Å². The number of hydrogen-bond acceptors (Lipinski definition) is 4. The Labute approximate surface area is 112 Å². The molecule has 20 heavy (non-hydrogen) atoms. The van der Waals surface area contributed by atoms with E-state index in [4.69, 9.17) is 0 Å². The van der Waals surface area contributed by atoms with Crippen LogP contribution in [0.3, 0.4) is 0 Å². The molecule has 1 fully saturated rings. The van der Waals surface area contributed by atoms with Crippen LogP contribution in [-0.2, 0) is 9.59 Å². The number of pyridine rings is 1. The summed E-state index contributed by atoms with van der Waals surface area (Å²) in [5.41, 5.74) is -0.557. The van der Waals surface area contributed by atoms with E-state index in [9.17, 15) is 23.2 Å². The highest BCUT2D eigenvalue weighted by Crippen LogP contribution is 2.17. The molecule has 1 aromatic heterocycles. The quantitative estimate of drug-likeness (QED) is 0.623. The van der Waals surface area contributed by atoms with Crippen molar-refractivity contribution in [3.63, 3.8) is 0 Å². The molecule has 0 radical (unpaired) electrons. The fraction of sp³-hybridized carbons (Fsp3) is 0.333. The van der Waals surface area contributed by atoms with E-state index >= 15 is 0 Å². The van der Waals surface area contributed by atoms with Crippen LogP contribution in [0.15, 0.2) is 12.3 Å². The first kappa shape index (κ1) is 14.0. The van der Waals surface area contributed by atoms with Crippen molar-refractivity contribution in [3.05, 3.63) is 29.6 Å². The molecule has 1 atom stereocenters. The van der Waals surface area contributed by atoms with Crippen molar-refractivity contribution >= 4 is 17.7 Å². The molecule has 1 aliphatic rings. The zero-order valence-corrected chi connectivity index (χ0v) is 10.5. The van der Waals surface area contributed by atoms with E-state index in [0.29, 0.717) is 0 Å². The predicted molar refractivity (Wildman–Crippen MR) is 62.4 cm³/mol. The second-order valence-electron chi connectivity index (χ2n) is 4.23. The monoisotopic (exact) mass is 283 g/mol. The maximum absolute atomic E-state index is 13.6. The van der Waals surface area contributed by atoms with Crippen LogP contribution >= 0.6 is 0 Å². The normalized spacial score (nSPS) is 18.9. The Hall–Kier alpha value is -2.38. The average molecular weight is 283 g/mol. The molecule has 2 heterocycles. The minimum atomic E-state index is -1.41. The molecule has 8 heteroatoms. The second-order valence-corrected chi connectivity index (χ2v) is 4.23. The Morgan fingerprint density at radius 2 is 2.20 bits per heavy atom. The SMILES string of the molecule is CCC1C(=O)NC(=O)CN1C(=O)c1ccnc(F)c1F. The van der Waals surface area contributed by atoms with Gasteiger partial charge in [0.1, 0.15) is 12.6 Å². The van der Waals surface area contributed by atoms with E-state index in [-0.39, 0.29) is 13.0 Å². The van der Waals surface area contributed by atoms with Crippen molar-refractivity contribution < 1.29 is 23.2 Å². The number of carbonyl (C=O) groups excluding carboxylic acids is 3. The average Bonchev–Trinajstić information content (AvgIpc) is 2.40. The first-order valence-electron chi connectivity index (χ1n) is 5.90. The lowest BCUT2D eigenvalue weighted by atomic mass is 10.1. The molecule has 0 spiro atoms. The maximum Gasteiger partial charge on any atom is 0.258 e. The van der Waals surface area contributed by atoms with Crippen molar-refractivity contribution in [2.24, 2.45) is 0 Å². The van der Waals surface area contributed by atoms with Gasteiger partial charge in [0.05, 0.1) is 5.56 Å². The van der Waals surface area contributed by atoms with Crippen LogP contribution in [0.5, 0.6) is 0 Å². The summed E-state index contributed by atoms with van der Waals surface area (Å²) in [6.45, 7) is 1.26. The molecule has 2 rings (SSSR count). The summed E-state index contributed by atoms with van der Waals surface area (Å²) in [6.07, 6.45) is 1.19. The number of piperazine rings is 1. The van der Waals surface area contributed by atoms with E-state index in [1.165, 1.54) is 0 Å². The first-order chi connectivity index (χ1) is 9.45. The van der Waals surface area contributed by atoms with Crippen molar-refractivity contribution in [2.45, 2.75) is 19.4 Å². The molecule has 0 bridgehead atoms. The number of nitrogens with one attached hydrogen (secondary N) is 1. The number of nitrogens with zero attached hydrogens (tertiary/aromatic N) is 2. The number of halogens is 2. The summed E-state index contributed by atoms with van der Waals surface area (Å²) in [6, 6.07) is 0.112. The number of imide groups is 1. The number of aromatic nitrogens is 1. The van der Waals surface area contributed by atoms with Crippen LogP contribution in [0.2, 0.25) is 0 Å². The molecule has 6 nitrogen and oxygen atoms in total. The fourth-order valence-corrected chi connectivity index (χ4v) is 2.02. The van der Waals surface area contributed by atoms with E-state index in [0.717, 1.165) is 17.2 Å². The van der Waals surface area contributed by atoms with Crippen LogP contribution in [0, 0.1) is 11.8 Å². The van der Waals surface area contributed by atoms with Gasteiger partial charge in [0.25, 0.3) is 5.91 Å². The van der Waals surface area contributed by atoms with Gasteiger partial charge in [-0.3, -0.25) is 19.7 Å². The lowest BCUT2D eigenvalue weighted by molar-refractivity contribution is -0.138. The lowest BCUT2D eigenvalue weighted by Crippen LogP contribution is -2.59. The van der Waals surface area contributed by atoms with Gasteiger partial charge in [-0.1, -0.05) is 6.92 Å².